The number of imide groups is 1. The van der Waals surface area contributed by atoms with Crippen LogP contribution < -0.4 is 16.0 Å². The van der Waals surface area contributed by atoms with Crippen LogP contribution in [0, 0.1) is 0 Å². The fourth-order valence-electron chi connectivity index (χ4n) is 2.43. The molecule has 0 aromatic heterocycles. The van der Waals surface area contributed by atoms with Gasteiger partial charge in [-0.1, -0.05) is 19.3 Å². The summed E-state index contributed by atoms with van der Waals surface area (Å²) >= 11 is 0. The third-order valence-corrected chi connectivity index (χ3v) is 3.55. The van der Waals surface area contributed by atoms with Crippen LogP contribution in [0.1, 0.15) is 59.3 Å². The van der Waals surface area contributed by atoms with Gasteiger partial charge in [0.15, 0.2) is 6.61 Å². The fraction of sp³-hybridized carbons (Fsp3) is 0.765. The molecule has 4 amide bonds. The largest absolute Gasteiger partial charge is 0.456 e. The van der Waals surface area contributed by atoms with Crippen LogP contribution in [0.5, 0.6) is 0 Å². The molecule has 0 saturated heterocycles. The number of alkyl carbamates (subject to hydrolysis) is 1. The highest BCUT2D eigenvalue weighted by Gasteiger charge is 2.18. The highest BCUT2D eigenvalue weighted by atomic mass is 16.6. The lowest BCUT2D eigenvalue weighted by Gasteiger charge is -2.22. The molecule has 1 saturated carbocycles. The van der Waals surface area contributed by atoms with Crippen molar-refractivity contribution in [2.45, 2.75) is 70.9 Å². The van der Waals surface area contributed by atoms with Crippen molar-refractivity contribution in [3.05, 3.63) is 0 Å². The first-order valence-corrected chi connectivity index (χ1v) is 8.88. The van der Waals surface area contributed by atoms with Crippen LogP contribution in [0.15, 0.2) is 0 Å². The summed E-state index contributed by atoms with van der Waals surface area (Å²) in [5.74, 6) is -1.37. The fourth-order valence-corrected chi connectivity index (χ4v) is 2.43. The van der Waals surface area contributed by atoms with Gasteiger partial charge in [-0.25, -0.2) is 9.59 Å². The van der Waals surface area contributed by atoms with Gasteiger partial charge in [0.05, 0.1) is 6.42 Å². The standard InChI is InChI=1S/C17H29N3O6/c1-17(2,3)26-16(24)18-10-9-14(22)25-11-13(21)20-15(23)19-12-7-5-4-6-8-12/h12H,4-11H2,1-3H3,(H,18,24)(H2,19,20,21,23). The van der Waals surface area contributed by atoms with Crippen LogP contribution in [0.4, 0.5) is 9.59 Å². The summed E-state index contributed by atoms with van der Waals surface area (Å²) in [6.07, 6.45) is 4.35. The van der Waals surface area contributed by atoms with Crippen LogP contribution in [-0.4, -0.2) is 48.8 Å². The Hall–Kier alpha value is -2.32. The van der Waals surface area contributed by atoms with Crippen molar-refractivity contribution in [3.8, 4) is 0 Å². The summed E-state index contributed by atoms with van der Waals surface area (Å²) in [5, 5.41) is 7.27. The smallest absolute Gasteiger partial charge is 0.407 e. The molecule has 9 heteroatoms. The Labute approximate surface area is 153 Å². The van der Waals surface area contributed by atoms with Crippen LogP contribution in [0.25, 0.3) is 0 Å². The second kappa shape index (κ2) is 10.6. The molecule has 0 spiro atoms. The topological polar surface area (TPSA) is 123 Å². The normalized spacial score (nSPS) is 14.9. The van der Waals surface area contributed by atoms with Crippen molar-refractivity contribution in [2.24, 2.45) is 0 Å². The zero-order valence-electron chi connectivity index (χ0n) is 15.7. The van der Waals surface area contributed by atoms with Crippen molar-refractivity contribution in [1.29, 1.82) is 0 Å². The number of carbonyl (C=O) groups excluding carboxylic acids is 4. The maximum atomic E-state index is 11.7. The van der Waals surface area contributed by atoms with Crippen LogP contribution >= 0.6 is 0 Å². The molecule has 26 heavy (non-hydrogen) atoms. The average molecular weight is 371 g/mol. The zero-order valence-corrected chi connectivity index (χ0v) is 15.7. The van der Waals surface area contributed by atoms with Gasteiger partial charge >= 0.3 is 18.1 Å². The van der Waals surface area contributed by atoms with Gasteiger partial charge in [-0.05, 0) is 33.6 Å². The van der Waals surface area contributed by atoms with E-state index < -0.39 is 36.2 Å². The summed E-state index contributed by atoms with van der Waals surface area (Å²) in [5.41, 5.74) is -0.624. The monoisotopic (exact) mass is 371 g/mol. The summed E-state index contributed by atoms with van der Waals surface area (Å²) in [4.78, 5) is 46.2. The molecular weight excluding hydrogens is 342 g/mol. The second-order valence-electron chi connectivity index (χ2n) is 7.20. The molecule has 0 atom stereocenters. The minimum absolute atomic E-state index is 0.0253. The Morgan fingerprint density at radius 3 is 2.31 bits per heavy atom. The van der Waals surface area contributed by atoms with Crippen molar-refractivity contribution >= 4 is 24.0 Å². The molecule has 0 heterocycles. The van der Waals surface area contributed by atoms with Gasteiger partial charge < -0.3 is 20.1 Å². The highest BCUT2D eigenvalue weighted by Crippen LogP contribution is 2.17. The number of hydrogen-bond donors (Lipinski definition) is 3. The Bertz CT molecular complexity index is 509. The van der Waals surface area contributed by atoms with E-state index in [2.05, 4.69) is 16.0 Å². The van der Waals surface area contributed by atoms with Crippen molar-refractivity contribution in [3.63, 3.8) is 0 Å². The molecule has 0 aromatic rings. The van der Waals surface area contributed by atoms with Gasteiger partial charge in [-0.15, -0.1) is 0 Å². The van der Waals surface area contributed by atoms with Gasteiger partial charge in [-0.3, -0.25) is 14.9 Å². The van der Waals surface area contributed by atoms with E-state index in [1.54, 1.807) is 20.8 Å². The maximum absolute atomic E-state index is 11.7. The van der Waals surface area contributed by atoms with Gasteiger partial charge in [0, 0.05) is 12.6 Å². The lowest BCUT2D eigenvalue weighted by Crippen LogP contribution is -2.46. The number of ether oxygens (including phenoxy) is 2. The molecule has 3 N–H and O–H groups in total. The third-order valence-electron chi connectivity index (χ3n) is 3.55. The second-order valence-corrected chi connectivity index (χ2v) is 7.20. The lowest BCUT2D eigenvalue weighted by atomic mass is 9.96. The minimum atomic E-state index is -0.702. The molecule has 1 aliphatic carbocycles. The number of hydrogen-bond acceptors (Lipinski definition) is 6. The molecule has 0 aliphatic heterocycles. The number of urea groups is 1. The van der Waals surface area contributed by atoms with E-state index in [0.29, 0.717) is 0 Å². The Balaban J connectivity index is 2.12. The molecule has 1 aliphatic rings. The Kier molecular flexibility index (Phi) is 8.87. The Morgan fingerprint density at radius 2 is 1.69 bits per heavy atom. The molecule has 0 unspecified atom stereocenters. The highest BCUT2D eigenvalue weighted by molar-refractivity contribution is 5.95. The minimum Gasteiger partial charge on any atom is -0.456 e. The summed E-state index contributed by atoms with van der Waals surface area (Å²) in [7, 11) is 0. The average Bonchev–Trinajstić information content (AvgIpc) is 2.52. The SMILES string of the molecule is CC(C)(C)OC(=O)NCCC(=O)OCC(=O)NC(=O)NC1CCCCC1. The molecule has 0 radical (unpaired) electrons. The first-order valence-electron chi connectivity index (χ1n) is 8.88. The van der Waals surface area contributed by atoms with Gasteiger partial charge in [0.1, 0.15) is 5.60 Å². The molecule has 1 rings (SSSR count). The van der Waals surface area contributed by atoms with Crippen molar-refractivity contribution < 1.29 is 28.7 Å². The lowest BCUT2D eigenvalue weighted by molar-refractivity contribution is -0.148. The number of esters is 1. The van der Waals surface area contributed by atoms with Gasteiger partial charge in [-0.2, -0.15) is 0 Å². The quantitative estimate of drug-likeness (QED) is 0.610. The Morgan fingerprint density at radius 1 is 1.04 bits per heavy atom. The van der Waals surface area contributed by atoms with E-state index in [1.807, 2.05) is 0 Å². The molecule has 1 fully saturated rings. The van der Waals surface area contributed by atoms with E-state index in [0.717, 1.165) is 32.1 Å². The number of carbonyl (C=O) groups is 4. The van der Waals surface area contributed by atoms with Gasteiger partial charge in [0.25, 0.3) is 5.91 Å². The summed E-state index contributed by atoms with van der Waals surface area (Å²) in [6, 6.07) is -0.498. The molecule has 148 valence electrons. The third kappa shape index (κ3) is 10.5. The van der Waals surface area contributed by atoms with E-state index in [1.165, 1.54) is 0 Å². The van der Waals surface area contributed by atoms with Crippen LogP contribution in [-0.2, 0) is 19.1 Å². The van der Waals surface area contributed by atoms with E-state index in [-0.39, 0.29) is 19.0 Å². The van der Waals surface area contributed by atoms with E-state index in [4.69, 9.17) is 9.47 Å². The van der Waals surface area contributed by atoms with E-state index >= 15 is 0 Å². The predicted molar refractivity (Wildman–Crippen MR) is 93.4 cm³/mol. The first kappa shape index (κ1) is 21.7. The predicted octanol–water partition coefficient (Wildman–Crippen LogP) is 1.60. The molecule has 0 bridgehead atoms. The molecular formula is C17H29N3O6. The molecule has 0 aromatic carbocycles. The maximum Gasteiger partial charge on any atom is 0.407 e. The molecule has 9 nitrogen and oxygen atoms in total. The number of amides is 4. The van der Waals surface area contributed by atoms with Crippen molar-refractivity contribution in [1.82, 2.24) is 16.0 Å². The van der Waals surface area contributed by atoms with E-state index in [9.17, 15) is 19.2 Å². The van der Waals surface area contributed by atoms with Gasteiger partial charge in [0.2, 0.25) is 0 Å². The number of rotatable bonds is 6. The summed E-state index contributed by atoms with van der Waals surface area (Å²) in [6.45, 7) is 4.65. The van der Waals surface area contributed by atoms with Crippen molar-refractivity contribution in [2.75, 3.05) is 13.2 Å². The first-order chi connectivity index (χ1) is 12.2. The zero-order chi connectivity index (χ0) is 19.6. The van der Waals surface area contributed by atoms with Crippen LogP contribution in [0.2, 0.25) is 0 Å². The number of nitrogens with one attached hydrogen (secondary N) is 3. The van der Waals surface area contributed by atoms with Crippen LogP contribution in [0.3, 0.4) is 0 Å². The summed E-state index contributed by atoms with van der Waals surface area (Å²) < 4.78 is 9.77.